The fourth-order valence-electron chi connectivity index (χ4n) is 3.70. The highest BCUT2D eigenvalue weighted by atomic mass is 15.2. The van der Waals surface area contributed by atoms with Crippen molar-refractivity contribution in [2.45, 2.75) is 47.0 Å². The lowest BCUT2D eigenvalue weighted by Gasteiger charge is -2.35. The first-order valence-corrected chi connectivity index (χ1v) is 11.6. The number of para-hydroxylation sites is 2. The van der Waals surface area contributed by atoms with Crippen LogP contribution in [-0.4, -0.2) is 31.6 Å². The summed E-state index contributed by atoms with van der Waals surface area (Å²) < 4.78 is 0. The van der Waals surface area contributed by atoms with Crippen molar-refractivity contribution < 1.29 is 0 Å². The second-order valence-electron chi connectivity index (χ2n) is 9.60. The molecule has 3 rings (SSSR count). The van der Waals surface area contributed by atoms with Crippen molar-refractivity contribution in [1.29, 1.82) is 10.8 Å². The average molecular weight is 432 g/mol. The minimum Gasteiger partial charge on any atom is -0.385 e. The number of nitrogens with zero attached hydrogens (tertiary/aromatic N) is 1. The molecule has 0 aliphatic carbocycles. The molecule has 5 nitrogen and oxygen atoms in total. The van der Waals surface area contributed by atoms with Gasteiger partial charge in [0, 0.05) is 54.1 Å². The maximum Gasteiger partial charge on any atom is 0.0622 e. The number of nitrogens with one attached hydrogen (secondary N) is 4. The van der Waals surface area contributed by atoms with Crippen LogP contribution in [0.3, 0.4) is 0 Å². The van der Waals surface area contributed by atoms with Crippen LogP contribution in [0.1, 0.15) is 58.1 Å². The van der Waals surface area contributed by atoms with Crippen molar-refractivity contribution >= 4 is 34.7 Å². The second-order valence-corrected chi connectivity index (χ2v) is 9.60. The Hall–Kier alpha value is -3.08. The summed E-state index contributed by atoms with van der Waals surface area (Å²) in [6.07, 6.45) is 6.28. The van der Waals surface area contributed by atoms with Crippen LogP contribution >= 0.6 is 0 Å². The summed E-state index contributed by atoms with van der Waals surface area (Å²) in [5.74, 6) is 0. The zero-order valence-corrected chi connectivity index (χ0v) is 19.9. The maximum atomic E-state index is 8.63. The van der Waals surface area contributed by atoms with Gasteiger partial charge in [-0.2, -0.15) is 0 Å². The monoisotopic (exact) mass is 431 g/mol. The molecule has 0 atom stereocenters. The Balaban J connectivity index is 1.97. The van der Waals surface area contributed by atoms with Gasteiger partial charge >= 0.3 is 0 Å². The molecule has 2 aromatic carbocycles. The zero-order valence-electron chi connectivity index (χ0n) is 19.9. The first kappa shape index (κ1) is 23.6. The summed E-state index contributed by atoms with van der Waals surface area (Å²) in [6.45, 7) is 11.6. The van der Waals surface area contributed by atoms with Gasteiger partial charge in [-0.15, -0.1) is 0 Å². The zero-order chi connectivity index (χ0) is 23.1. The molecule has 32 heavy (non-hydrogen) atoms. The Morgan fingerprint density at radius 2 is 1.84 bits per heavy atom. The molecule has 0 radical (unpaired) electrons. The lowest BCUT2D eigenvalue weighted by Crippen LogP contribution is -2.37. The van der Waals surface area contributed by atoms with E-state index in [-0.39, 0.29) is 5.41 Å². The fourth-order valence-corrected chi connectivity index (χ4v) is 3.70. The third-order valence-corrected chi connectivity index (χ3v) is 5.72. The highest BCUT2D eigenvalue weighted by molar-refractivity contribution is 6.02. The number of hydrogen-bond acceptors (Lipinski definition) is 5. The van der Waals surface area contributed by atoms with Crippen molar-refractivity contribution in [3.63, 3.8) is 0 Å². The molecule has 0 amide bonds. The molecule has 1 fully saturated rings. The highest BCUT2D eigenvalue weighted by Crippen LogP contribution is 2.33. The van der Waals surface area contributed by atoms with Gasteiger partial charge in [0.25, 0.3) is 0 Å². The SMILES string of the molecule is CCNc1cc(/C(=C/C(=N)CCC(C)(C)C)Nc2ccccc2N2CCC2)ccc1C=N. The third-order valence-electron chi connectivity index (χ3n) is 5.72. The standard InChI is InChI=1S/C27H37N5/c1-5-30-24-17-20(11-12-21(24)19-28)25(18-22(29)13-14-27(2,3)4)31-23-9-6-7-10-26(23)32-15-8-16-32/h6-7,9-12,17-19,28-31H,5,8,13-16H2,1-4H3/b25-18-,28-19?,29-22?. The van der Waals surface area contributed by atoms with E-state index < -0.39 is 0 Å². The summed E-state index contributed by atoms with van der Waals surface area (Å²) in [5, 5.41) is 23.4. The predicted molar refractivity (Wildman–Crippen MR) is 140 cm³/mol. The molecule has 4 N–H and O–H groups in total. The molecule has 2 aromatic rings. The molecule has 0 bridgehead atoms. The Bertz CT molecular complexity index is 980. The van der Waals surface area contributed by atoms with Crippen molar-refractivity contribution in [3.8, 4) is 0 Å². The summed E-state index contributed by atoms with van der Waals surface area (Å²) in [7, 11) is 0. The van der Waals surface area contributed by atoms with Crippen LogP contribution in [-0.2, 0) is 0 Å². The molecule has 0 saturated carbocycles. The van der Waals surface area contributed by atoms with Gasteiger partial charge in [-0.1, -0.05) is 45.0 Å². The van der Waals surface area contributed by atoms with Gasteiger partial charge in [0.2, 0.25) is 0 Å². The molecule has 170 valence electrons. The van der Waals surface area contributed by atoms with E-state index in [0.717, 1.165) is 60.7 Å². The van der Waals surface area contributed by atoms with E-state index in [1.54, 1.807) is 0 Å². The minimum atomic E-state index is 0.196. The first-order valence-electron chi connectivity index (χ1n) is 11.6. The Kier molecular flexibility index (Phi) is 7.73. The molecule has 0 unspecified atom stereocenters. The fraction of sp³-hybridized carbons (Fsp3) is 0.407. The van der Waals surface area contributed by atoms with E-state index in [0.29, 0.717) is 5.71 Å². The topological polar surface area (TPSA) is 75.0 Å². The first-order chi connectivity index (χ1) is 15.3. The van der Waals surface area contributed by atoms with E-state index in [9.17, 15) is 0 Å². The number of allylic oxidation sites excluding steroid dienone is 1. The minimum absolute atomic E-state index is 0.196. The number of rotatable bonds is 10. The van der Waals surface area contributed by atoms with Crippen molar-refractivity contribution in [1.82, 2.24) is 0 Å². The molecular formula is C27H37N5. The van der Waals surface area contributed by atoms with Crippen molar-refractivity contribution in [2.75, 3.05) is 35.2 Å². The Labute approximate surface area is 192 Å². The quantitative estimate of drug-likeness (QED) is 0.319. The summed E-state index contributed by atoms with van der Waals surface area (Å²) >= 11 is 0. The van der Waals surface area contributed by atoms with Gasteiger partial charge in [-0.3, -0.25) is 0 Å². The summed E-state index contributed by atoms with van der Waals surface area (Å²) in [4.78, 5) is 2.38. The van der Waals surface area contributed by atoms with E-state index >= 15 is 0 Å². The summed E-state index contributed by atoms with van der Waals surface area (Å²) in [6, 6.07) is 14.5. The molecule has 0 spiro atoms. The molecule has 1 saturated heterocycles. The van der Waals surface area contributed by atoms with Gasteiger partial charge in [-0.25, -0.2) is 0 Å². The molecule has 1 heterocycles. The van der Waals surface area contributed by atoms with Gasteiger partial charge < -0.3 is 26.4 Å². The highest BCUT2D eigenvalue weighted by Gasteiger charge is 2.18. The van der Waals surface area contributed by atoms with Crippen molar-refractivity contribution in [2.24, 2.45) is 5.41 Å². The van der Waals surface area contributed by atoms with Crippen LogP contribution in [0.5, 0.6) is 0 Å². The normalized spacial score (nSPS) is 14.0. The predicted octanol–water partition coefficient (Wildman–Crippen LogP) is 6.63. The van der Waals surface area contributed by atoms with Crippen LogP contribution in [0.15, 0.2) is 48.5 Å². The van der Waals surface area contributed by atoms with Crippen LogP contribution in [0.2, 0.25) is 0 Å². The average Bonchev–Trinajstić information content (AvgIpc) is 2.71. The number of anilines is 3. The van der Waals surface area contributed by atoms with Crippen LogP contribution in [0.4, 0.5) is 17.1 Å². The van der Waals surface area contributed by atoms with Crippen LogP contribution in [0.25, 0.3) is 5.70 Å². The van der Waals surface area contributed by atoms with E-state index in [4.69, 9.17) is 10.8 Å². The van der Waals surface area contributed by atoms with Gasteiger partial charge in [0.05, 0.1) is 11.4 Å². The molecular weight excluding hydrogens is 394 g/mol. The van der Waals surface area contributed by atoms with Crippen LogP contribution < -0.4 is 15.5 Å². The summed E-state index contributed by atoms with van der Waals surface area (Å²) in [5.41, 5.74) is 6.78. The smallest absolute Gasteiger partial charge is 0.0622 e. The molecule has 1 aliphatic heterocycles. The van der Waals surface area contributed by atoms with Gasteiger partial charge in [0.15, 0.2) is 0 Å². The van der Waals surface area contributed by atoms with E-state index in [1.807, 2.05) is 18.2 Å². The lowest BCUT2D eigenvalue weighted by atomic mass is 9.89. The largest absolute Gasteiger partial charge is 0.385 e. The maximum absolute atomic E-state index is 8.63. The van der Waals surface area contributed by atoms with E-state index in [2.05, 4.69) is 73.6 Å². The van der Waals surface area contributed by atoms with Crippen LogP contribution in [0, 0.1) is 16.2 Å². The molecule has 0 aromatic heterocycles. The van der Waals surface area contributed by atoms with Crippen molar-refractivity contribution in [3.05, 3.63) is 59.7 Å². The van der Waals surface area contributed by atoms with Gasteiger partial charge in [0.1, 0.15) is 0 Å². The third kappa shape index (κ3) is 6.22. The lowest BCUT2D eigenvalue weighted by molar-refractivity contribution is 0.386. The second kappa shape index (κ2) is 10.5. The Morgan fingerprint density at radius 1 is 1.09 bits per heavy atom. The Morgan fingerprint density at radius 3 is 2.47 bits per heavy atom. The van der Waals surface area contributed by atoms with E-state index in [1.165, 1.54) is 18.3 Å². The van der Waals surface area contributed by atoms with Gasteiger partial charge in [-0.05, 0) is 55.9 Å². The number of hydrogen-bond donors (Lipinski definition) is 4. The molecule has 1 aliphatic rings. The molecule has 5 heteroatoms. The number of benzene rings is 2.